The summed E-state index contributed by atoms with van der Waals surface area (Å²) in [6.45, 7) is 2.46. The number of ether oxygens (including phenoxy) is 1. The molecule has 2 amide bonds. The molecule has 34 heavy (non-hydrogen) atoms. The number of carbonyl (C=O) groups is 2. The first-order chi connectivity index (χ1) is 16.3. The molecule has 0 saturated heterocycles. The van der Waals surface area contributed by atoms with Gasteiger partial charge in [0, 0.05) is 31.6 Å². The first-order valence-corrected chi connectivity index (χ1v) is 12.8. The van der Waals surface area contributed by atoms with Crippen LogP contribution in [0.5, 0.6) is 5.75 Å². The number of amides is 2. The van der Waals surface area contributed by atoms with E-state index >= 15 is 0 Å². The molecule has 2 heterocycles. The normalized spacial score (nSPS) is 18.3. The van der Waals surface area contributed by atoms with Crippen molar-refractivity contribution in [2.75, 3.05) is 23.3 Å². The Morgan fingerprint density at radius 2 is 1.97 bits per heavy atom. The minimum Gasteiger partial charge on any atom is -0.479 e. The summed E-state index contributed by atoms with van der Waals surface area (Å²) in [5.41, 5.74) is 0.983. The summed E-state index contributed by atoms with van der Waals surface area (Å²) in [6.07, 6.45) is 2.87. The van der Waals surface area contributed by atoms with Gasteiger partial charge in [-0.15, -0.1) is 0 Å². The standard InChI is InChI=1S/C24H28N4O5S/c1-17-24(30)28(20-10-4-5-11-21(20)33-17)15-13-23(29)26-18-8-7-9-19(16-18)34(31,32)27-22-12-3-2-6-14-25-22/h4-5,7-11,16-17H,2-3,6,12-15H2,1H3,(H,25,27)(H,26,29)/t17-/m0/s1. The molecule has 0 radical (unpaired) electrons. The highest BCUT2D eigenvalue weighted by Gasteiger charge is 2.31. The molecule has 0 aromatic heterocycles. The van der Waals surface area contributed by atoms with Crippen molar-refractivity contribution in [2.45, 2.75) is 50.0 Å². The number of amidine groups is 1. The van der Waals surface area contributed by atoms with Crippen LogP contribution in [0.25, 0.3) is 0 Å². The number of para-hydroxylation sites is 2. The number of hydrogen-bond acceptors (Lipinski definition) is 6. The van der Waals surface area contributed by atoms with Gasteiger partial charge in [-0.05, 0) is 50.1 Å². The number of carbonyl (C=O) groups excluding carboxylic acids is 2. The summed E-state index contributed by atoms with van der Waals surface area (Å²) in [4.78, 5) is 31.1. The molecule has 0 aliphatic carbocycles. The fourth-order valence-corrected chi connectivity index (χ4v) is 5.07. The van der Waals surface area contributed by atoms with Gasteiger partial charge in [0.1, 0.15) is 11.6 Å². The Labute approximate surface area is 199 Å². The summed E-state index contributed by atoms with van der Waals surface area (Å²) in [6, 6.07) is 13.3. The molecule has 0 bridgehead atoms. The number of anilines is 2. The van der Waals surface area contributed by atoms with Gasteiger partial charge in [-0.25, -0.2) is 8.42 Å². The van der Waals surface area contributed by atoms with Gasteiger partial charge in [0.05, 0.1) is 10.6 Å². The lowest BCUT2D eigenvalue weighted by Gasteiger charge is -2.32. The molecule has 0 unspecified atom stereocenters. The van der Waals surface area contributed by atoms with Crippen LogP contribution in [0.1, 0.15) is 39.0 Å². The van der Waals surface area contributed by atoms with E-state index in [0.29, 0.717) is 35.9 Å². The highest BCUT2D eigenvalue weighted by molar-refractivity contribution is 7.90. The Morgan fingerprint density at radius 1 is 1.15 bits per heavy atom. The molecule has 2 aromatic rings. The van der Waals surface area contributed by atoms with E-state index in [-0.39, 0.29) is 29.7 Å². The van der Waals surface area contributed by atoms with Crippen molar-refractivity contribution in [3.8, 4) is 5.75 Å². The average molecular weight is 485 g/mol. The SMILES string of the molecule is C[C@@H]1Oc2ccccc2N(CCC(=O)Nc2cccc(S(=O)(=O)NC3=NCCCCC3)c2)C1=O. The van der Waals surface area contributed by atoms with Crippen LogP contribution in [-0.4, -0.2) is 45.3 Å². The molecular formula is C24H28N4O5S. The quantitative estimate of drug-likeness (QED) is 0.654. The van der Waals surface area contributed by atoms with Crippen molar-refractivity contribution in [1.82, 2.24) is 4.72 Å². The molecule has 9 nitrogen and oxygen atoms in total. The summed E-state index contributed by atoms with van der Waals surface area (Å²) in [7, 11) is -3.81. The van der Waals surface area contributed by atoms with Crippen molar-refractivity contribution >= 4 is 39.0 Å². The summed E-state index contributed by atoms with van der Waals surface area (Å²) >= 11 is 0. The molecule has 1 atom stereocenters. The van der Waals surface area contributed by atoms with Gasteiger partial charge in [-0.3, -0.25) is 19.3 Å². The molecule has 0 fully saturated rings. The van der Waals surface area contributed by atoms with Crippen LogP contribution < -0.4 is 19.7 Å². The predicted octanol–water partition coefficient (Wildman–Crippen LogP) is 3.08. The van der Waals surface area contributed by atoms with Crippen LogP contribution in [0.2, 0.25) is 0 Å². The maximum Gasteiger partial charge on any atom is 0.267 e. The number of aliphatic imine (C=N–C) groups is 1. The van der Waals surface area contributed by atoms with Crippen LogP contribution in [0, 0.1) is 0 Å². The van der Waals surface area contributed by atoms with Crippen molar-refractivity contribution in [1.29, 1.82) is 0 Å². The fourth-order valence-electron chi connectivity index (χ4n) is 3.94. The number of nitrogens with zero attached hydrogens (tertiary/aromatic N) is 2. The Bertz CT molecular complexity index is 1210. The Hall–Kier alpha value is -3.40. The van der Waals surface area contributed by atoms with Crippen LogP contribution in [-0.2, 0) is 19.6 Å². The highest BCUT2D eigenvalue weighted by Crippen LogP contribution is 2.33. The Kier molecular flexibility index (Phi) is 7.16. The van der Waals surface area contributed by atoms with Gasteiger partial charge in [0.25, 0.3) is 15.9 Å². The summed E-state index contributed by atoms with van der Waals surface area (Å²) < 4.78 is 33.8. The topological polar surface area (TPSA) is 117 Å². The molecule has 180 valence electrons. The largest absolute Gasteiger partial charge is 0.479 e. The number of hydrogen-bond donors (Lipinski definition) is 2. The monoisotopic (exact) mass is 484 g/mol. The maximum absolute atomic E-state index is 12.8. The summed E-state index contributed by atoms with van der Waals surface area (Å²) in [5.74, 6) is 0.516. The van der Waals surface area contributed by atoms with Gasteiger partial charge >= 0.3 is 0 Å². The van der Waals surface area contributed by atoms with E-state index in [1.54, 1.807) is 42.2 Å². The molecule has 0 saturated carbocycles. The van der Waals surface area contributed by atoms with Crippen molar-refractivity contribution < 1.29 is 22.7 Å². The van der Waals surface area contributed by atoms with E-state index in [4.69, 9.17) is 4.74 Å². The molecule has 0 spiro atoms. The van der Waals surface area contributed by atoms with Crippen molar-refractivity contribution in [3.63, 3.8) is 0 Å². The van der Waals surface area contributed by atoms with Gasteiger partial charge < -0.3 is 15.0 Å². The smallest absolute Gasteiger partial charge is 0.267 e. The predicted molar refractivity (Wildman–Crippen MR) is 130 cm³/mol. The number of rotatable bonds is 6. The second kappa shape index (κ2) is 10.3. The third-order valence-corrected chi connectivity index (χ3v) is 7.07. The molecule has 2 aromatic carbocycles. The molecule has 2 aliphatic heterocycles. The highest BCUT2D eigenvalue weighted by atomic mass is 32.2. The van der Waals surface area contributed by atoms with E-state index in [1.807, 2.05) is 6.07 Å². The zero-order chi connectivity index (χ0) is 24.1. The lowest BCUT2D eigenvalue weighted by molar-refractivity contribution is -0.125. The molecule has 2 aliphatic rings. The Morgan fingerprint density at radius 3 is 2.82 bits per heavy atom. The summed E-state index contributed by atoms with van der Waals surface area (Å²) in [5, 5.41) is 2.73. The van der Waals surface area contributed by atoms with Crippen LogP contribution in [0.4, 0.5) is 11.4 Å². The maximum atomic E-state index is 12.8. The van der Waals surface area contributed by atoms with Crippen LogP contribution in [0.3, 0.4) is 0 Å². The van der Waals surface area contributed by atoms with Gasteiger partial charge in [-0.2, -0.15) is 0 Å². The first-order valence-electron chi connectivity index (χ1n) is 11.4. The number of sulfonamides is 1. The lowest BCUT2D eigenvalue weighted by Crippen LogP contribution is -2.45. The van der Waals surface area contributed by atoms with E-state index in [1.165, 1.54) is 12.1 Å². The van der Waals surface area contributed by atoms with Crippen molar-refractivity contribution in [3.05, 3.63) is 48.5 Å². The van der Waals surface area contributed by atoms with Gasteiger partial charge in [0.15, 0.2) is 6.10 Å². The second-order valence-electron chi connectivity index (χ2n) is 8.29. The number of benzene rings is 2. The molecule has 10 heteroatoms. The minimum absolute atomic E-state index is 0.0405. The molecular weight excluding hydrogens is 456 g/mol. The average Bonchev–Trinajstić information content (AvgIpc) is 3.08. The van der Waals surface area contributed by atoms with Crippen LogP contribution >= 0.6 is 0 Å². The third kappa shape index (κ3) is 5.56. The second-order valence-corrected chi connectivity index (χ2v) is 9.97. The van der Waals surface area contributed by atoms with Gasteiger partial charge in [-0.1, -0.05) is 24.6 Å². The minimum atomic E-state index is -3.81. The fraction of sp³-hybridized carbons (Fsp3) is 0.375. The van der Waals surface area contributed by atoms with E-state index in [9.17, 15) is 18.0 Å². The van der Waals surface area contributed by atoms with E-state index in [0.717, 1.165) is 19.3 Å². The zero-order valence-corrected chi connectivity index (χ0v) is 19.8. The number of fused-ring (bicyclic) bond motifs is 1. The zero-order valence-electron chi connectivity index (χ0n) is 19.0. The lowest BCUT2D eigenvalue weighted by atomic mass is 10.1. The number of nitrogens with one attached hydrogen (secondary N) is 2. The van der Waals surface area contributed by atoms with Crippen molar-refractivity contribution in [2.24, 2.45) is 4.99 Å². The molecule has 4 rings (SSSR count). The van der Waals surface area contributed by atoms with E-state index < -0.39 is 16.1 Å². The van der Waals surface area contributed by atoms with Crippen LogP contribution in [0.15, 0.2) is 58.4 Å². The third-order valence-electron chi connectivity index (χ3n) is 5.69. The molecule has 2 N–H and O–H groups in total. The van der Waals surface area contributed by atoms with Gasteiger partial charge in [0.2, 0.25) is 5.91 Å². The Balaban J connectivity index is 1.40. The first kappa shape index (κ1) is 23.7. The van der Waals surface area contributed by atoms with E-state index in [2.05, 4.69) is 15.0 Å².